The predicted octanol–water partition coefficient (Wildman–Crippen LogP) is 3.78. The first-order valence-electron chi connectivity index (χ1n) is 6.51. The average Bonchev–Trinajstić information content (AvgIpc) is 2.48. The molecule has 0 fully saturated rings. The van der Waals surface area contributed by atoms with Crippen molar-refractivity contribution in [1.29, 1.82) is 0 Å². The summed E-state index contributed by atoms with van der Waals surface area (Å²) >= 11 is 1.46. The van der Waals surface area contributed by atoms with E-state index in [2.05, 4.69) is 0 Å². The molecule has 0 saturated heterocycles. The lowest BCUT2D eigenvalue weighted by molar-refractivity contribution is -0.385. The first kappa shape index (κ1) is 15.5. The minimum Gasteiger partial charge on any atom is -0.330 e. The summed E-state index contributed by atoms with van der Waals surface area (Å²) in [5.41, 5.74) is 6.48. The average molecular weight is 306 g/mol. The third-order valence-corrected chi connectivity index (χ3v) is 4.07. The number of halogens is 1. The molecule has 0 spiro atoms. The summed E-state index contributed by atoms with van der Waals surface area (Å²) in [7, 11) is 0. The fourth-order valence-corrected chi connectivity index (χ4v) is 2.85. The van der Waals surface area contributed by atoms with Crippen molar-refractivity contribution in [3.05, 3.63) is 64.0 Å². The van der Waals surface area contributed by atoms with Gasteiger partial charge in [-0.15, -0.1) is 0 Å². The molecule has 0 aliphatic carbocycles. The Kier molecular flexibility index (Phi) is 5.30. The molecule has 0 bridgehead atoms. The lowest BCUT2D eigenvalue weighted by atomic mass is 10.1. The van der Waals surface area contributed by atoms with E-state index in [4.69, 9.17) is 5.73 Å². The SMILES string of the molecule is NCCCc1cc([N+](=O)[O-])ccc1Sc1ccc(F)cc1. The minimum atomic E-state index is -0.404. The maximum atomic E-state index is 12.9. The molecule has 0 aliphatic heterocycles. The number of hydrogen-bond acceptors (Lipinski definition) is 4. The largest absolute Gasteiger partial charge is 0.330 e. The van der Waals surface area contributed by atoms with Crippen LogP contribution in [0.1, 0.15) is 12.0 Å². The zero-order chi connectivity index (χ0) is 15.2. The van der Waals surface area contributed by atoms with E-state index in [1.54, 1.807) is 24.3 Å². The summed E-state index contributed by atoms with van der Waals surface area (Å²) in [6, 6.07) is 11.0. The van der Waals surface area contributed by atoms with Crippen LogP contribution in [-0.4, -0.2) is 11.5 Å². The van der Waals surface area contributed by atoms with Crippen molar-refractivity contribution >= 4 is 17.4 Å². The number of nitro benzene ring substituents is 1. The van der Waals surface area contributed by atoms with E-state index in [1.165, 1.54) is 30.0 Å². The van der Waals surface area contributed by atoms with Gasteiger partial charge in [0, 0.05) is 21.9 Å². The Labute approximate surface area is 126 Å². The van der Waals surface area contributed by atoms with Crippen LogP contribution >= 0.6 is 11.8 Å². The molecule has 110 valence electrons. The number of benzene rings is 2. The maximum absolute atomic E-state index is 12.9. The lowest BCUT2D eigenvalue weighted by Crippen LogP contribution is -2.01. The normalized spacial score (nSPS) is 10.6. The van der Waals surface area contributed by atoms with Crippen molar-refractivity contribution in [1.82, 2.24) is 0 Å². The van der Waals surface area contributed by atoms with Gasteiger partial charge in [0.2, 0.25) is 0 Å². The highest BCUT2D eigenvalue weighted by atomic mass is 32.2. The fourth-order valence-electron chi connectivity index (χ4n) is 1.90. The summed E-state index contributed by atoms with van der Waals surface area (Å²) in [5, 5.41) is 10.9. The molecule has 0 aliphatic rings. The molecule has 0 atom stereocenters. The third-order valence-electron chi connectivity index (χ3n) is 2.95. The molecule has 0 amide bonds. The Balaban J connectivity index is 2.28. The molecular formula is C15H15FN2O2S. The second kappa shape index (κ2) is 7.19. The molecule has 2 aromatic carbocycles. The van der Waals surface area contributed by atoms with Crippen LogP contribution in [0.3, 0.4) is 0 Å². The molecule has 0 radical (unpaired) electrons. The Hall–Kier alpha value is -1.92. The Morgan fingerprint density at radius 1 is 1.19 bits per heavy atom. The molecule has 2 aromatic rings. The van der Waals surface area contributed by atoms with Gasteiger partial charge in [-0.2, -0.15) is 0 Å². The number of nitrogens with zero attached hydrogens (tertiary/aromatic N) is 1. The first-order chi connectivity index (χ1) is 10.1. The van der Waals surface area contributed by atoms with Crippen LogP contribution in [0.4, 0.5) is 10.1 Å². The zero-order valence-electron chi connectivity index (χ0n) is 11.3. The van der Waals surface area contributed by atoms with Gasteiger partial charge in [0.25, 0.3) is 5.69 Å². The van der Waals surface area contributed by atoms with Gasteiger partial charge in [-0.3, -0.25) is 10.1 Å². The molecule has 4 nitrogen and oxygen atoms in total. The molecule has 0 aromatic heterocycles. The summed E-state index contributed by atoms with van der Waals surface area (Å²) in [4.78, 5) is 12.3. The quantitative estimate of drug-likeness (QED) is 0.651. The Morgan fingerprint density at radius 3 is 2.52 bits per heavy atom. The van der Waals surface area contributed by atoms with E-state index in [0.717, 1.165) is 21.8 Å². The third kappa shape index (κ3) is 4.27. The van der Waals surface area contributed by atoms with Crippen LogP contribution in [-0.2, 0) is 6.42 Å². The Morgan fingerprint density at radius 2 is 1.90 bits per heavy atom. The number of hydrogen-bond donors (Lipinski definition) is 1. The second-order valence-electron chi connectivity index (χ2n) is 4.50. The van der Waals surface area contributed by atoms with Crippen molar-refractivity contribution < 1.29 is 9.31 Å². The molecule has 21 heavy (non-hydrogen) atoms. The summed E-state index contributed by atoms with van der Waals surface area (Å²) in [6.45, 7) is 0.531. The van der Waals surface area contributed by atoms with Gasteiger partial charge in [-0.05, 0) is 55.3 Å². The van der Waals surface area contributed by atoms with Crippen LogP contribution < -0.4 is 5.73 Å². The van der Waals surface area contributed by atoms with E-state index < -0.39 is 4.92 Å². The highest BCUT2D eigenvalue weighted by Crippen LogP contribution is 2.33. The highest BCUT2D eigenvalue weighted by Gasteiger charge is 2.11. The lowest BCUT2D eigenvalue weighted by Gasteiger charge is -2.09. The van der Waals surface area contributed by atoms with Crippen LogP contribution in [0.2, 0.25) is 0 Å². The zero-order valence-corrected chi connectivity index (χ0v) is 12.1. The summed E-state index contributed by atoms with van der Waals surface area (Å²) in [6.07, 6.45) is 1.44. The number of nitrogens with two attached hydrogens (primary N) is 1. The fraction of sp³-hybridized carbons (Fsp3) is 0.200. The van der Waals surface area contributed by atoms with Crippen molar-refractivity contribution in [2.75, 3.05) is 6.54 Å². The standard InChI is InChI=1S/C15H15FN2O2S/c16-12-3-6-14(7-4-12)21-15-8-5-13(18(19)20)10-11(15)2-1-9-17/h3-8,10H,1-2,9,17H2. The summed E-state index contributed by atoms with van der Waals surface area (Å²) < 4.78 is 12.9. The van der Waals surface area contributed by atoms with Gasteiger partial charge in [0.1, 0.15) is 5.82 Å². The van der Waals surface area contributed by atoms with Crippen molar-refractivity contribution in [2.24, 2.45) is 5.73 Å². The molecular weight excluding hydrogens is 291 g/mol. The first-order valence-corrected chi connectivity index (χ1v) is 7.32. The van der Waals surface area contributed by atoms with Gasteiger partial charge < -0.3 is 5.73 Å². The molecule has 6 heteroatoms. The van der Waals surface area contributed by atoms with Crippen LogP contribution in [0.15, 0.2) is 52.3 Å². The van der Waals surface area contributed by atoms with E-state index in [-0.39, 0.29) is 11.5 Å². The molecule has 0 saturated carbocycles. The number of aryl methyl sites for hydroxylation is 1. The Bertz CT molecular complexity index is 632. The number of rotatable bonds is 6. The topological polar surface area (TPSA) is 69.2 Å². The van der Waals surface area contributed by atoms with Crippen LogP contribution in [0, 0.1) is 15.9 Å². The van der Waals surface area contributed by atoms with Gasteiger partial charge in [0.15, 0.2) is 0 Å². The van der Waals surface area contributed by atoms with E-state index in [9.17, 15) is 14.5 Å². The number of nitro groups is 1. The van der Waals surface area contributed by atoms with Gasteiger partial charge in [-0.25, -0.2) is 4.39 Å². The van der Waals surface area contributed by atoms with Crippen molar-refractivity contribution in [2.45, 2.75) is 22.6 Å². The van der Waals surface area contributed by atoms with E-state index in [1.807, 2.05) is 0 Å². The monoisotopic (exact) mass is 306 g/mol. The van der Waals surface area contributed by atoms with E-state index in [0.29, 0.717) is 13.0 Å². The summed E-state index contributed by atoms with van der Waals surface area (Å²) in [5.74, 6) is -0.286. The van der Waals surface area contributed by atoms with Gasteiger partial charge in [0.05, 0.1) is 4.92 Å². The second-order valence-corrected chi connectivity index (χ2v) is 5.61. The van der Waals surface area contributed by atoms with Crippen LogP contribution in [0.25, 0.3) is 0 Å². The van der Waals surface area contributed by atoms with Gasteiger partial charge >= 0.3 is 0 Å². The van der Waals surface area contributed by atoms with Gasteiger partial charge in [-0.1, -0.05) is 11.8 Å². The van der Waals surface area contributed by atoms with E-state index >= 15 is 0 Å². The maximum Gasteiger partial charge on any atom is 0.269 e. The smallest absolute Gasteiger partial charge is 0.269 e. The molecule has 0 heterocycles. The number of non-ortho nitro benzene ring substituents is 1. The van der Waals surface area contributed by atoms with Crippen molar-refractivity contribution in [3.8, 4) is 0 Å². The van der Waals surface area contributed by atoms with Crippen LogP contribution in [0.5, 0.6) is 0 Å². The van der Waals surface area contributed by atoms with Crippen molar-refractivity contribution in [3.63, 3.8) is 0 Å². The minimum absolute atomic E-state index is 0.0745. The predicted molar refractivity (Wildman–Crippen MR) is 81.0 cm³/mol. The molecule has 0 unspecified atom stereocenters. The molecule has 2 rings (SSSR count). The molecule has 2 N–H and O–H groups in total. The highest BCUT2D eigenvalue weighted by molar-refractivity contribution is 7.99.